The Morgan fingerprint density at radius 2 is 2.19 bits per heavy atom. The van der Waals surface area contributed by atoms with Crippen molar-refractivity contribution in [3.63, 3.8) is 0 Å². The zero-order chi connectivity index (χ0) is 15.0. The van der Waals surface area contributed by atoms with Gasteiger partial charge in [-0.15, -0.1) is 0 Å². The second kappa shape index (κ2) is 5.45. The number of aryl methyl sites for hydroxylation is 1. The molecule has 0 aromatic heterocycles. The minimum atomic E-state index is -3.44. The van der Waals surface area contributed by atoms with Gasteiger partial charge in [0.15, 0.2) is 0 Å². The number of hydrogen-bond acceptors (Lipinski definition) is 3. The molecule has 0 radical (unpaired) electrons. The lowest BCUT2D eigenvalue weighted by atomic mass is 10.1. The molecule has 1 aliphatic heterocycles. The summed E-state index contributed by atoms with van der Waals surface area (Å²) in [6.45, 7) is 2.23. The highest BCUT2D eigenvalue weighted by atomic mass is 32.2. The fraction of sp³-hybridized carbons (Fsp3) is 0.500. The van der Waals surface area contributed by atoms with Crippen LogP contribution >= 0.6 is 0 Å². The first-order valence-electron chi connectivity index (χ1n) is 7.24. The van der Waals surface area contributed by atoms with E-state index in [2.05, 4.69) is 11.8 Å². The molecule has 1 aromatic carbocycles. The van der Waals surface area contributed by atoms with Crippen LogP contribution in [-0.2, 0) is 10.0 Å². The number of aliphatic hydroxyl groups excluding tert-OH is 1. The molecule has 2 fully saturated rings. The third-order valence-corrected chi connectivity index (χ3v) is 6.51. The quantitative estimate of drug-likeness (QED) is 0.843. The molecule has 4 nitrogen and oxygen atoms in total. The number of hydrogen-bond donors (Lipinski definition) is 1. The molecule has 2 atom stereocenters. The summed E-state index contributed by atoms with van der Waals surface area (Å²) in [7, 11) is -3.44. The predicted molar refractivity (Wildman–Crippen MR) is 80.2 cm³/mol. The molecule has 112 valence electrons. The SMILES string of the molecule is Cc1ccc(C#CCO)cc1S(=O)(=O)N1CC2CCC1C2. The van der Waals surface area contributed by atoms with E-state index < -0.39 is 10.0 Å². The number of nitrogens with zero attached hydrogens (tertiary/aromatic N) is 1. The Balaban J connectivity index is 1.98. The third kappa shape index (κ3) is 2.59. The van der Waals surface area contributed by atoms with E-state index in [1.807, 2.05) is 6.92 Å². The van der Waals surface area contributed by atoms with Crippen molar-refractivity contribution >= 4 is 10.0 Å². The molecule has 1 aromatic rings. The van der Waals surface area contributed by atoms with Crippen molar-refractivity contribution in [1.82, 2.24) is 4.31 Å². The van der Waals surface area contributed by atoms with E-state index in [4.69, 9.17) is 5.11 Å². The van der Waals surface area contributed by atoms with Crippen molar-refractivity contribution in [2.75, 3.05) is 13.2 Å². The smallest absolute Gasteiger partial charge is 0.243 e. The van der Waals surface area contributed by atoms with Gasteiger partial charge in [-0.25, -0.2) is 8.42 Å². The molecule has 1 N–H and O–H groups in total. The second-order valence-electron chi connectivity index (χ2n) is 5.85. The van der Waals surface area contributed by atoms with Gasteiger partial charge in [0.2, 0.25) is 10.0 Å². The van der Waals surface area contributed by atoms with Gasteiger partial charge in [0.1, 0.15) is 6.61 Å². The topological polar surface area (TPSA) is 57.6 Å². The van der Waals surface area contributed by atoms with Crippen LogP contribution in [0.1, 0.15) is 30.4 Å². The minimum Gasteiger partial charge on any atom is -0.384 e. The van der Waals surface area contributed by atoms with E-state index in [1.54, 1.807) is 22.5 Å². The fourth-order valence-electron chi connectivity index (χ4n) is 3.40. The first-order valence-corrected chi connectivity index (χ1v) is 8.68. The number of piperidine rings is 1. The highest BCUT2D eigenvalue weighted by molar-refractivity contribution is 7.89. The maximum absolute atomic E-state index is 12.9. The van der Waals surface area contributed by atoms with Crippen LogP contribution in [0.15, 0.2) is 23.1 Å². The van der Waals surface area contributed by atoms with Crippen LogP contribution < -0.4 is 0 Å². The largest absolute Gasteiger partial charge is 0.384 e. The van der Waals surface area contributed by atoms with Crippen LogP contribution in [0, 0.1) is 24.7 Å². The zero-order valence-corrected chi connectivity index (χ0v) is 12.9. The molecular formula is C16H19NO3S. The van der Waals surface area contributed by atoms with E-state index >= 15 is 0 Å². The van der Waals surface area contributed by atoms with Gasteiger partial charge in [-0.2, -0.15) is 4.31 Å². The Labute approximate surface area is 125 Å². The minimum absolute atomic E-state index is 0.173. The molecule has 5 heteroatoms. The van der Waals surface area contributed by atoms with Gasteiger partial charge in [0.25, 0.3) is 0 Å². The summed E-state index contributed by atoms with van der Waals surface area (Å²) in [5.74, 6) is 5.86. The molecule has 21 heavy (non-hydrogen) atoms. The highest BCUT2D eigenvalue weighted by Crippen LogP contribution is 2.40. The van der Waals surface area contributed by atoms with Gasteiger partial charge < -0.3 is 5.11 Å². The lowest BCUT2D eigenvalue weighted by molar-refractivity contribution is 0.333. The van der Waals surface area contributed by atoms with Gasteiger partial charge in [0, 0.05) is 18.2 Å². The summed E-state index contributed by atoms with van der Waals surface area (Å²) in [5.41, 5.74) is 1.37. The molecule has 1 heterocycles. The Bertz CT molecular complexity index is 715. The summed E-state index contributed by atoms with van der Waals surface area (Å²) in [6, 6.07) is 5.36. The van der Waals surface area contributed by atoms with Crippen LogP contribution in [0.5, 0.6) is 0 Å². The molecule has 1 aliphatic carbocycles. The number of aliphatic hydroxyl groups is 1. The van der Waals surface area contributed by atoms with E-state index in [-0.39, 0.29) is 12.6 Å². The summed E-state index contributed by atoms with van der Waals surface area (Å²) in [4.78, 5) is 0.347. The van der Waals surface area contributed by atoms with Gasteiger partial charge >= 0.3 is 0 Å². The summed E-state index contributed by atoms with van der Waals surface area (Å²) in [6.07, 6.45) is 3.13. The average Bonchev–Trinajstić information content (AvgIpc) is 3.09. The second-order valence-corrected chi connectivity index (χ2v) is 7.71. The number of rotatable bonds is 2. The van der Waals surface area contributed by atoms with Crippen LogP contribution in [0.3, 0.4) is 0 Å². The normalized spacial score (nSPS) is 24.9. The van der Waals surface area contributed by atoms with Crippen molar-refractivity contribution in [3.8, 4) is 11.8 Å². The van der Waals surface area contributed by atoms with Crippen molar-refractivity contribution in [1.29, 1.82) is 0 Å². The van der Waals surface area contributed by atoms with Gasteiger partial charge in [-0.05, 0) is 49.8 Å². The van der Waals surface area contributed by atoms with E-state index in [0.29, 0.717) is 22.9 Å². The summed E-state index contributed by atoms with van der Waals surface area (Å²) in [5, 5.41) is 8.76. The van der Waals surface area contributed by atoms with Crippen LogP contribution in [0.4, 0.5) is 0 Å². The molecule has 0 amide bonds. The van der Waals surface area contributed by atoms with Crippen LogP contribution in [0.2, 0.25) is 0 Å². The molecule has 0 spiro atoms. The van der Waals surface area contributed by atoms with Crippen molar-refractivity contribution in [2.24, 2.45) is 5.92 Å². The van der Waals surface area contributed by atoms with Crippen LogP contribution in [0.25, 0.3) is 0 Å². The average molecular weight is 305 g/mol. The van der Waals surface area contributed by atoms with Crippen molar-refractivity contribution in [3.05, 3.63) is 29.3 Å². The van der Waals surface area contributed by atoms with Gasteiger partial charge in [-0.3, -0.25) is 0 Å². The number of sulfonamides is 1. The molecule has 1 saturated heterocycles. The Morgan fingerprint density at radius 1 is 1.38 bits per heavy atom. The molecule has 2 aliphatic rings. The van der Waals surface area contributed by atoms with E-state index in [0.717, 1.165) is 24.8 Å². The maximum atomic E-state index is 12.9. The maximum Gasteiger partial charge on any atom is 0.243 e. The molecule has 2 bridgehead atoms. The Morgan fingerprint density at radius 3 is 2.81 bits per heavy atom. The number of benzene rings is 1. The van der Waals surface area contributed by atoms with Crippen molar-refractivity contribution in [2.45, 2.75) is 37.1 Å². The first-order chi connectivity index (χ1) is 10.0. The molecule has 3 rings (SSSR count). The molecular weight excluding hydrogens is 286 g/mol. The Kier molecular flexibility index (Phi) is 3.78. The highest BCUT2D eigenvalue weighted by Gasteiger charge is 2.44. The first kappa shape index (κ1) is 14.6. The molecule has 1 saturated carbocycles. The third-order valence-electron chi connectivity index (χ3n) is 4.45. The summed E-state index contributed by atoms with van der Waals surface area (Å²) >= 11 is 0. The zero-order valence-electron chi connectivity index (χ0n) is 12.0. The lowest BCUT2D eigenvalue weighted by Gasteiger charge is -2.26. The monoisotopic (exact) mass is 305 g/mol. The number of fused-ring (bicyclic) bond motifs is 2. The fourth-order valence-corrected chi connectivity index (χ4v) is 5.39. The standard InChI is InChI=1S/C16H19NO3S/c1-12-4-5-13(3-2-8-18)10-16(12)21(19,20)17-11-14-6-7-15(17)9-14/h4-5,10,14-15,18H,6-9,11H2,1H3. The van der Waals surface area contributed by atoms with Crippen molar-refractivity contribution < 1.29 is 13.5 Å². The van der Waals surface area contributed by atoms with E-state index in [1.165, 1.54) is 0 Å². The lowest BCUT2D eigenvalue weighted by Crippen LogP contribution is -2.37. The summed E-state index contributed by atoms with van der Waals surface area (Å²) < 4.78 is 27.5. The Hall–Kier alpha value is -1.35. The van der Waals surface area contributed by atoms with Crippen LogP contribution in [-0.4, -0.2) is 37.0 Å². The van der Waals surface area contributed by atoms with Gasteiger partial charge in [0.05, 0.1) is 4.90 Å². The van der Waals surface area contributed by atoms with E-state index in [9.17, 15) is 8.42 Å². The van der Waals surface area contributed by atoms with Gasteiger partial charge in [-0.1, -0.05) is 17.9 Å². The molecule has 2 unspecified atom stereocenters. The predicted octanol–water partition coefficient (Wildman–Crippen LogP) is 1.51.